The Bertz CT molecular complexity index is 212. The number of hydrogen-bond acceptors (Lipinski definition) is 3. The number of hydrogen-bond donors (Lipinski definition) is 2. The van der Waals surface area contributed by atoms with Crippen LogP contribution in [0.25, 0.3) is 0 Å². The Morgan fingerprint density at radius 2 is 2.00 bits per heavy atom. The van der Waals surface area contributed by atoms with Crippen LogP contribution in [0.2, 0.25) is 0 Å². The summed E-state index contributed by atoms with van der Waals surface area (Å²) < 4.78 is 0. The van der Waals surface area contributed by atoms with E-state index in [4.69, 9.17) is 0 Å². The summed E-state index contributed by atoms with van der Waals surface area (Å²) in [5.74, 6) is 0. The second-order valence-corrected chi connectivity index (χ2v) is 5.78. The first-order valence-electron chi connectivity index (χ1n) is 6.23. The van der Waals surface area contributed by atoms with Crippen molar-refractivity contribution in [3.8, 4) is 0 Å². The molecule has 1 saturated carbocycles. The molecule has 0 aromatic heterocycles. The average molecular weight is 212 g/mol. The summed E-state index contributed by atoms with van der Waals surface area (Å²) in [4.78, 5) is 2.59. The minimum atomic E-state index is 0.147. The monoisotopic (exact) mass is 212 g/mol. The predicted molar refractivity (Wildman–Crippen MR) is 61.9 cm³/mol. The molecule has 88 valence electrons. The molecule has 1 saturated heterocycles. The Balaban J connectivity index is 1.98. The molecule has 3 heteroatoms. The topological polar surface area (TPSA) is 35.5 Å². The number of rotatable bonds is 2. The van der Waals surface area contributed by atoms with E-state index in [9.17, 15) is 5.11 Å². The molecule has 0 aromatic carbocycles. The minimum Gasteiger partial charge on any atom is -0.395 e. The highest BCUT2D eigenvalue weighted by atomic mass is 16.3. The molecule has 2 fully saturated rings. The van der Waals surface area contributed by atoms with Crippen molar-refractivity contribution in [2.75, 3.05) is 19.7 Å². The smallest absolute Gasteiger partial charge is 0.0597 e. The van der Waals surface area contributed by atoms with E-state index >= 15 is 0 Å². The molecule has 2 rings (SSSR count). The van der Waals surface area contributed by atoms with Crippen LogP contribution >= 0.6 is 0 Å². The molecule has 0 bridgehead atoms. The molecule has 2 aliphatic rings. The number of piperazine rings is 1. The fraction of sp³-hybridized carbons (Fsp3) is 1.00. The van der Waals surface area contributed by atoms with Crippen molar-refractivity contribution in [1.29, 1.82) is 0 Å². The summed E-state index contributed by atoms with van der Waals surface area (Å²) >= 11 is 0. The Kier molecular flexibility index (Phi) is 3.33. The fourth-order valence-electron chi connectivity index (χ4n) is 3.15. The van der Waals surface area contributed by atoms with Gasteiger partial charge in [0.05, 0.1) is 6.61 Å². The van der Waals surface area contributed by atoms with Crippen LogP contribution in [-0.4, -0.2) is 47.3 Å². The second-order valence-electron chi connectivity index (χ2n) is 5.78. The maximum Gasteiger partial charge on any atom is 0.0597 e. The van der Waals surface area contributed by atoms with Crippen molar-refractivity contribution < 1.29 is 5.11 Å². The molecule has 1 aliphatic heterocycles. The highest BCUT2D eigenvalue weighted by molar-refractivity contribution is 4.95. The van der Waals surface area contributed by atoms with E-state index in [2.05, 4.69) is 24.1 Å². The van der Waals surface area contributed by atoms with Crippen LogP contribution in [0.3, 0.4) is 0 Å². The third-order valence-electron chi connectivity index (χ3n) is 3.71. The second kappa shape index (κ2) is 4.40. The van der Waals surface area contributed by atoms with E-state index in [0.29, 0.717) is 0 Å². The van der Waals surface area contributed by atoms with Gasteiger partial charge in [0.15, 0.2) is 0 Å². The molecule has 3 nitrogen and oxygen atoms in total. The quantitative estimate of drug-likeness (QED) is 0.716. The van der Waals surface area contributed by atoms with Crippen LogP contribution in [0.15, 0.2) is 0 Å². The fourth-order valence-corrected chi connectivity index (χ4v) is 3.15. The highest BCUT2D eigenvalue weighted by Crippen LogP contribution is 2.27. The summed E-state index contributed by atoms with van der Waals surface area (Å²) in [6, 6.07) is 1.04. The molecule has 0 spiro atoms. The van der Waals surface area contributed by atoms with Gasteiger partial charge in [0.2, 0.25) is 0 Å². The van der Waals surface area contributed by atoms with Crippen molar-refractivity contribution >= 4 is 0 Å². The summed E-state index contributed by atoms with van der Waals surface area (Å²) in [6.45, 7) is 6.86. The summed E-state index contributed by atoms with van der Waals surface area (Å²) in [5.41, 5.74) is 0.147. The normalized spacial score (nSPS) is 33.4. The molecule has 0 radical (unpaired) electrons. The SMILES string of the molecule is CC1(C)CN(C2CCCC2)CC(CO)N1. The first kappa shape index (κ1) is 11.4. The number of aliphatic hydroxyl groups is 1. The van der Waals surface area contributed by atoms with Crippen LogP contribution in [0.4, 0.5) is 0 Å². The molecule has 1 heterocycles. The largest absolute Gasteiger partial charge is 0.395 e. The number of aliphatic hydroxyl groups excluding tert-OH is 1. The predicted octanol–water partition coefficient (Wildman–Crippen LogP) is 0.974. The van der Waals surface area contributed by atoms with Gasteiger partial charge in [-0.05, 0) is 26.7 Å². The maximum absolute atomic E-state index is 9.29. The molecule has 15 heavy (non-hydrogen) atoms. The van der Waals surface area contributed by atoms with Gasteiger partial charge in [0, 0.05) is 30.7 Å². The van der Waals surface area contributed by atoms with Gasteiger partial charge in [0.25, 0.3) is 0 Å². The summed E-state index contributed by atoms with van der Waals surface area (Å²) in [5, 5.41) is 12.8. The van der Waals surface area contributed by atoms with Gasteiger partial charge in [-0.3, -0.25) is 4.90 Å². The standard InChI is InChI=1S/C12H24N2O/c1-12(2)9-14(7-10(8-15)13-12)11-5-3-4-6-11/h10-11,13,15H,3-9H2,1-2H3. The van der Waals surface area contributed by atoms with Crippen LogP contribution in [0.5, 0.6) is 0 Å². The van der Waals surface area contributed by atoms with Gasteiger partial charge in [0.1, 0.15) is 0 Å². The Labute approximate surface area is 92.8 Å². The molecule has 0 amide bonds. The van der Waals surface area contributed by atoms with Gasteiger partial charge < -0.3 is 10.4 Å². The van der Waals surface area contributed by atoms with Gasteiger partial charge in [-0.15, -0.1) is 0 Å². The number of nitrogens with one attached hydrogen (secondary N) is 1. The maximum atomic E-state index is 9.29. The summed E-state index contributed by atoms with van der Waals surface area (Å²) in [7, 11) is 0. The lowest BCUT2D eigenvalue weighted by atomic mass is 9.97. The zero-order valence-electron chi connectivity index (χ0n) is 10.00. The van der Waals surface area contributed by atoms with Gasteiger partial charge in [-0.2, -0.15) is 0 Å². The first-order valence-corrected chi connectivity index (χ1v) is 6.23. The van der Waals surface area contributed by atoms with Crippen LogP contribution < -0.4 is 5.32 Å². The van der Waals surface area contributed by atoms with Gasteiger partial charge in [-0.25, -0.2) is 0 Å². The Morgan fingerprint density at radius 3 is 2.60 bits per heavy atom. The zero-order valence-corrected chi connectivity index (χ0v) is 10.00. The van der Waals surface area contributed by atoms with Gasteiger partial charge in [-0.1, -0.05) is 12.8 Å². The molecular weight excluding hydrogens is 188 g/mol. The Hall–Kier alpha value is -0.120. The van der Waals surface area contributed by atoms with E-state index in [1.165, 1.54) is 25.7 Å². The highest BCUT2D eigenvalue weighted by Gasteiger charge is 2.35. The molecule has 1 aliphatic carbocycles. The van der Waals surface area contributed by atoms with Gasteiger partial charge >= 0.3 is 0 Å². The molecule has 1 atom stereocenters. The number of nitrogens with zero attached hydrogens (tertiary/aromatic N) is 1. The lowest BCUT2D eigenvalue weighted by molar-refractivity contribution is 0.0582. The zero-order chi connectivity index (χ0) is 10.9. The van der Waals surface area contributed by atoms with Crippen molar-refractivity contribution in [3.05, 3.63) is 0 Å². The average Bonchev–Trinajstić information content (AvgIpc) is 2.68. The van der Waals surface area contributed by atoms with Crippen LogP contribution in [-0.2, 0) is 0 Å². The third-order valence-corrected chi connectivity index (χ3v) is 3.71. The molecule has 0 aromatic rings. The minimum absolute atomic E-state index is 0.147. The van der Waals surface area contributed by atoms with E-state index in [-0.39, 0.29) is 18.2 Å². The molecule has 1 unspecified atom stereocenters. The van der Waals surface area contributed by atoms with Crippen molar-refractivity contribution in [2.45, 2.75) is 57.2 Å². The Morgan fingerprint density at radius 1 is 1.33 bits per heavy atom. The van der Waals surface area contributed by atoms with Crippen LogP contribution in [0, 0.1) is 0 Å². The van der Waals surface area contributed by atoms with Crippen molar-refractivity contribution in [1.82, 2.24) is 10.2 Å². The van der Waals surface area contributed by atoms with Crippen molar-refractivity contribution in [2.24, 2.45) is 0 Å². The van der Waals surface area contributed by atoms with Crippen molar-refractivity contribution in [3.63, 3.8) is 0 Å². The van der Waals surface area contributed by atoms with E-state index < -0.39 is 0 Å². The lowest BCUT2D eigenvalue weighted by Gasteiger charge is -2.45. The van der Waals surface area contributed by atoms with E-state index in [0.717, 1.165) is 19.1 Å². The summed E-state index contributed by atoms with van der Waals surface area (Å²) in [6.07, 6.45) is 5.49. The van der Waals surface area contributed by atoms with E-state index in [1.54, 1.807) is 0 Å². The molecular formula is C12H24N2O. The van der Waals surface area contributed by atoms with Crippen LogP contribution in [0.1, 0.15) is 39.5 Å². The van der Waals surface area contributed by atoms with E-state index in [1.807, 2.05) is 0 Å². The first-order chi connectivity index (χ1) is 7.11. The molecule has 2 N–H and O–H groups in total. The lowest BCUT2D eigenvalue weighted by Crippen LogP contribution is -2.64. The third kappa shape index (κ3) is 2.71.